The molecule has 0 bridgehead atoms. The van der Waals surface area contributed by atoms with E-state index in [2.05, 4.69) is 0 Å². The lowest BCUT2D eigenvalue weighted by atomic mass is 10.1. The van der Waals surface area contributed by atoms with Gasteiger partial charge in [-0.2, -0.15) is 0 Å². The maximum absolute atomic E-state index is 12.3. The third-order valence-electron chi connectivity index (χ3n) is 3.65. The Morgan fingerprint density at radius 3 is 2.25 bits per heavy atom. The van der Waals surface area contributed by atoms with Gasteiger partial charge >= 0.3 is 5.97 Å². The van der Waals surface area contributed by atoms with Gasteiger partial charge in [0, 0.05) is 0 Å². The Kier molecular flexibility index (Phi) is 4.04. The molecule has 0 spiro atoms. The average Bonchev–Trinajstić information content (AvgIpc) is 2.82. The first-order chi connectivity index (χ1) is 11.5. The van der Waals surface area contributed by atoms with Gasteiger partial charge in [0.05, 0.1) is 23.3 Å². The monoisotopic (exact) mass is 325 g/mol. The van der Waals surface area contributed by atoms with E-state index in [1.807, 2.05) is 13.8 Å². The van der Waals surface area contributed by atoms with Gasteiger partial charge in [-0.3, -0.25) is 9.59 Å². The van der Waals surface area contributed by atoms with Crippen molar-refractivity contribution in [1.29, 1.82) is 0 Å². The Morgan fingerprint density at radius 2 is 1.67 bits per heavy atom. The zero-order valence-corrected chi connectivity index (χ0v) is 13.2. The summed E-state index contributed by atoms with van der Waals surface area (Å²) in [5, 5.41) is 0.493. The van der Waals surface area contributed by atoms with E-state index in [1.165, 1.54) is 18.2 Å². The molecular weight excluding hydrogens is 310 g/mol. The van der Waals surface area contributed by atoms with Crippen molar-refractivity contribution in [3.63, 3.8) is 0 Å². The van der Waals surface area contributed by atoms with Crippen molar-refractivity contribution in [2.75, 3.05) is 6.61 Å². The molecule has 0 aromatic heterocycles. The lowest BCUT2D eigenvalue weighted by Crippen LogP contribution is -2.32. The normalized spacial score (nSPS) is 13.0. The van der Waals surface area contributed by atoms with Crippen LogP contribution in [0.15, 0.2) is 42.5 Å². The zero-order chi connectivity index (χ0) is 17.3. The molecule has 0 radical (unpaired) electrons. The molecule has 2 amide bonds. The van der Waals surface area contributed by atoms with E-state index in [4.69, 9.17) is 9.57 Å². The topological polar surface area (TPSA) is 72.9 Å². The minimum atomic E-state index is -0.801. The summed E-state index contributed by atoms with van der Waals surface area (Å²) in [6, 6.07) is 11.1. The highest BCUT2D eigenvalue weighted by Crippen LogP contribution is 2.25. The summed E-state index contributed by atoms with van der Waals surface area (Å²) in [4.78, 5) is 41.7. The van der Waals surface area contributed by atoms with Gasteiger partial charge in [0.15, 0.2) is 0 Å². The summed E-state index contributed by atoms with van der Waals surface area (Å²) >= 11 is 0. The van der Waals surface area contributed by atoms with Gasteiger partial charge in [-0.25, -0.2) is 4.79 Å². The minimum absolute atomic E-state index is 0.195. The van der Waals surface area contributed by atoms with E-state index < -0.39 is 17.8 Å². The Bertz CT molecular complexity index is 808. The van der Waals surface area contributed by atoms with Crippen molar-refractivity contribution < 1.29 is 24.0 Å². The van der Waals surface area contributed by atoms with E-state index in [9.17, 15) is 14.4 Å². The summed E-state index contributed by atoms with van der Waals surface area (Å²) in [6.45, 7) is 4.14. The largest absolute Gasteiger partial charge is 0.494 e. The quantitative estimate of drug-likeness (QED) is 0.808. The second-order valence-corrected chi connectivity index (χ2v) is 5.24. The maximum atomic E-state index is 12.3. The molecular formula is C18H15NO5. The highest BCUT2D eigenvalue weighted by molar-refractivity contribution is 6.21. The number of amides is 2. The number of imide groups is 1. The van der Waals surface area contributed by atoms with Gasteiger partial charge < -0.3 is 9.57 Å². The SMILES string of the molecule is CCOc1cc(C(=O)ON2C(=O)c3ccccc3C2=O)ccc1C. The molecule has 0 saturated carbocycles. The molecule has 0 atom stereocenters. The highest BCUT2D eigenvalue weighted by atomic mass is 16.7. The molecule has 2 aromatic carbocycles. The van der Waals surface area contributed by atoms with Crippen molar-refractivity contribution in [3.05, 3.63) is 64.7 Å². The highest BCUT2D eigenvalue weighted by Gasteiger charge is 2.38. The summed E-state index contributed by atoms with van der Waals surface area (Å²) in [5.41, 5.74) is 1.50. The number of hydroxylamine groups is 2. The number of carbonyl (C=O) groups excluding carboxylic acids is 3. The van der Waals surface area contributed by atoms with E-state index >= 15 is 0 Å². The first-order valence-electron chi connectivity index (χ1n) is 7.46. The first kappa shape index (κ1) is 15.7. The molecule has 0 saturated heterocycles. The number of nitrogens with zero attached hydrogens (tertiary/aromatic N) is 1. The maximum Gasteiger partial charge on any atom is 0.364 e. The van der Waals surface area contributed by atoms with E-state index in [0.717, 1.165) is 5.56 Å². The van der Waals surface area contributed by atoms with Crippen LogP contribution in [-0.4, -0.2) is 29.5 Å². The number of hydrogen-bond donors (Lipinski definition) is 0. The molecule has 6 nitrogen and oxygen atoms in total. The van der Waals surface area contributed by atoms with Crippen LogP contribution in [0.5, 0.6) is 5.75 Å². The lowest BCUT2D eigenvalue weighted by molar-refractivity contribution is -0.0584. The number of benzene rings is 2. The van der Waals surface area contributed by atoms with Crippen molar-refractivity contribution in [3.8, 4) is 5.75 Å². The van der Waals surface area contributed by atoms with Crippen molar-refractivity contribution in [1.82, 2.24) is 5.06 Å². The minimum Gasteiger partial charge on any atom is -0.494 e. The van der Waals surface area contributed by atoms with Gasteiger partial charge in [-0.05, 0) is 43.7 Å². The van der Waals surface area contributed by atoms with Crippen LogP contribution >= 0.6 is 0 Å². The summed E-state index contributed by atoms with van der Waals surface area (Å²) in [6.07, 6.45) is 0. The Morgan fingerprint density at radius 1 is 1.04 bits per heavy atom. The summed E-state index contributed by atoms with van der Waals surface area (Å²) in [5.74, 6) is -1.55. The fourth-order valence-electron chi connectivity index (χ4n) is 2.42. The molecule has 6 heteroatoms. The standard InChI is InChI=1S/C18H15NO5/c1-3-23-15-10-12(9-8-11(15)2)18(22)24-19-16(20)13-6-4-5-7-14(13)17(19)21/h4-10H,3H2,1-2H3. The number of fused-ring (bicyclic) bond motifs is 1. The van der Waals surface area contributed by atoms with Crippen molar-refractivity contribution >= 4 is 17.8 Å². The molecule has 0 unspecified atom stereocenters. The van der Waals surface area contributed by atoms with Crippen molar-refractivity contribution in [2.24, 2.45) is 0 Å². The molecule has 1 aliphatic rings. The van der Waals surface area contributed by atoms with Crippen LogP contribution in [0, 0.1) is 6.92 Å². The van der Waals surface area contributed by atoms with Crippen LogP contribution in [-0.2, 0) is 4.84 Å². The van der Waals surface area contributed by atoms with Crippen LogP contribution in [0.2, 0.25) is 0 Å². The molecule has 1 aliphatic heterocycles. The second-order valence-electron chi connectivity index (χ2n) is 5.24. The fourth-order valence-corrected chi connectivity index (χ4v) is 2.42. The number of ether oxygens (including phenoxy) is 1. The van der Waals surface area contributed by atoms with Gasteiger partial charge in [-0.15, -0.1) is 0 Å². The summed E-state index contributed by atoms with van der Waals surface area (Å²) in [7, 11) is 0. The zero-order valence-electron chi connectivity index (χ0n) is 13.2. The van der Waals surface area contributed by atoms with E-state index in [0.29, 0.717) is 17.4 Å². The van der Waals surface area contributed by atoms with E-state index in [1.54, 1.807) is 24.3 Å². The summed E-state index contributed by atoms with van der Waals surface area (Å²) < 4.78 is 5.44. The van der Waals surface area contributed by atoms with Crippen LogP contribution in [0.25, 0.3) is 0 Å². The Hall–Kier alpha value is -3.15. The number of hydrogen-bond acceptors (Lipinski definition) is 5. The smallest absolute Gasteiger partial charge is 0.364 e. The van der Waals surface area contributed by atoms with Gasteiger partial charge in [0.2, 0.25) is 0 Å². The van der Waals surface area contributed by atoms with Gasteiger partial charge in [0.1, 0.15) is 5.75 Å². The Balaban J connectivity index is 1.82. The predicted molar refractivity (Wildman–Crippen MR) is 84.7 cm³/mol. The second kappa shape index (κ2) is 6.16. The number of carbonyl (C=O) groups is 3. The van der Waals surface area contributed by atoms with Gasteiger partial charge in [-0.1, -0.05) is 23.3 Å². The van der Waals surface area contributed by atoms with Crippen LogP contribution in [0.1, 0.15) is 43.6 Å². The molecule has 0 fully saturated rings. The average molecular weight is 325 g/mol. The predicted octanol–water partition coefficient (Wildman–Crippen LogP) is 2.76. The number of rotatable bonds is 4. The third kappa shape index (κ3) is 2.62. The fraction of sp³-hybridized carbons (Fsp3) is 0.167. The van der Waals surface area contributed by atoms with Crippen molar-refractivity contribution in [2.45, 2.75) is 13.8 Å². The molecule has 0 aliphatic carbocycles. The third-order valence-corrected chi connectivity index (χ3v) is 3.65. The van der Waals surface area contributed by atoms with Crippen LogP contribution in [0.3, 0.4) is 0 Å². The van der Waals surface area contributed by atoms with Crippen LogP contribution in [0.4, 0.5) is 0 Å². The molecule has 0 N–H and O–H groups in total. The first-order valence-corrected chi connectivity index (χ1v) is 7.46. The van der Waals surface area contributed by atoms with Crippen LogP contribution < -0.4 is 4.74 Å². The molecule has 24 heavy (non-hydrogen) atoms. The van der Waals surface area contributed by atoms with E-state index in [-0.39, 0.29) is 16.7 Å². The Labute approximate surface area is 138 Å². The molecule has 122 valence electrons. The molecule has 1 heterocycles. The molecule has 3 rings (SSSR count). The van der Waals surface area contributed by atoms with Gasteiger partial charge in [0.25, 0.3) is 11.8 Å². The number of aryl methyl sites for hydroxylation is 1. The lowest BCUT2D eigenvalue weighted by Gasteiger charge is -2.14. The molecule has 2 aromatic rings.